The van der Waals surface area contributed by atoms with Gasteiger partial charge in [-0.25, -0.2) is 0 Å². The lowest BCUT2D eigenvalue weighted by Gasteiger charge is -2.46. The summed E-state index contributed by atoms with van der Waals surface area (Å²) in [5, 5.41) is 3.19. The Kier molecular flexibility index (Phi) is 8.58. The standard InChI is InChI=1S/C33H38N2O5/c1-38-25-16-14-23(15-17-25)31-30(32(36)34-20-19-22-13-18-28(39-2)29(21-22)40-3)26-11-7-8-12-27(26)33(37)35(31)24-9-5-4-6-10-24/h7-8,11-18,21,24,30-31H,4-6,9-10,19-20H2,1-3H3,(H,34,36)/t30-,31+/m0/s1. The number of amides is 2. The van der Waals surface area contributed by atoms with Crippen LogP contribution in [-0.2, 0) is 11.2 Å². The smallest absolute Gasteiger partial charge is 0.254 e. The number of fused-ring (bicyclic) bond motifs is 1. The fourth-order valence-electron chi connectivity index (χ4n) is 6.23. The summed E-state index contributed by atoms with van der Waals surface area (Å²) < 4.78 is 16.2. The number of benzene rings is 3. The fraction of sp³-hybridized carbons (Fsp3) is 0.394. The summed E-state index contributed by atoms with van der Waals surface area (Å²) in [6.45, 7) is 0.458. The molecule has 2 aliphatic rings. The van der Waals surface area contributed by atoms with Gasteiger partial charge in [0.1, 0.15) is 5.75 Å². The molecule has 0 unspecified atom stereocenters. The molecule has 1 aliphatic heterocycles. The minimum Gasteiger partial charge on any atom is -0.497 e. The molecule has 0 bridgehead atoms. The van der Waals surface area contributed by atoms with Crippen LogP contribution in [0.4, 0.5) is 0 Å². The lowest BCUT2D eigenvalue weighted by atomic mass is 9.77. The molecule has 5 rings (SSSR count). The SMILES string of the molecule is COc1ccc([C@@H]2[C@@H](C(=O)NCCc3ccc(OC)c(OC)c3)c3ccccc3C(=O)N2C2CCCCC2)cc1. The van der Waals surface area contributed by atoms with Crippen LogP contribution in [-0.4, -0.2) is 50.6 Å². The van der Waals surface area contributed by atoms with Gasteiger partial charge < -0.3 is 24.4 Å². The second kappa shape index (κ2) is 12.5. The number of carbonyl (C=O) groups is 2. The first-order valence-corrected chi connectivity index (χ1v) is 14.1. The van der Waals surface area contributed by atoms with E-state index in [4.69, 9.17) is 14.2 Å². The van der Waals surface area contributed by atoms with Crippen molar-refractivity contribution in [3.05, 3.63) is 89.0 Å². The minimum absolute atomic E-state index is 0.0118. The zero-order chi connectivity index (χ0) is 28.1. The number of methoxy groups -OCH3 is 3. The number of hydrogen-bond acceptors (Lipinski definition) is 5. The van der Waals surface area contributed by atoms with Crippen molar-refractivity contribution in [3.63, 3.8) is 0 Å². The Labute approximate surface area is 236 Å². The van der Waals surface area contributed by atoms with Gasteiger partial charge in [-0.3, -0.25) is 9.59 Å². The summed E-state index contributed by atoms with van der Waals surface area (Å²) in [4.78, 5) is 30.2. The van der Waals surface area contributed by atoms with Crippen LogP contribution in [0.1, 0.15) is 71.1 Å². The van der Waals surface area contributed by atoms with Crippen LogP contribution in [0.15, 0.2) is 66.7 Å². The number of carbonyl (C=O) groups excluding carboxylic acids is 2. The van der Waals surface area contributed by atoms with Crippen molar-refractivity contribution >= 4 is 11.8 Å². The average molecular weight is 543 g/mol. The first-order valence-electron chi connectivity index (χ1n) is 14.1. The van der Waals surface area contributed by atoms with Crippen LogP contribution >= 0.6 is 0 Å². The van der Waals surface area contributed by atoms with Crippen LogP contribution in [0.25, 0.3) is 0 Å². The van der Waals surface area contributed by atoms with E-state index in [9.17, 15) is 9.59 Å². The molecule has 7 heteroatoms. The molecule has 1 aliphatic carbocycles. The highest BCUT2D eigenvalue weighted by molar-refractivity contribution is 6.01. The Morgan fingerprint density at radius 2 is 1.60 bits per heavy atom. The van der Waals surface area contributed by atoms with Crippen LogP contribution in [0, 0.1) is 0 Å². The highest BCUT2D eigenvalue weighted by Gasteiger charge is 2.46. The van der Waals surface area contributed by atoms with Gasteiger partial charge in [0.2, 0.25) is 5.91 Å². The summed E-state index contributed by atoms with van der Waals surface area (Å²) in [5.74, 6) is 1.47. The Hall–Kier alpha value is -4.00. The normalized spacial score (nSPS) is 19.1. The summed E-state index contributed by atoms with van der Waals surface area (Å²) in [6.07, 6.45) is 5.91. The van der Waals surface area contributed by atoms with Gasteiger partial charge in [0.25, 0.3) is 5.91 Å². The molecule has 1 saturated carbocycles. The maximum absolute atomic E-state index is 14.1. The van der Waals surface area contributed by atoms with Gasteiger partial charge >= 0.3 is 0 Å². The minimum atomic E-state index is -0.533. The predicted octanol–water partition coefficient (Wildman–Crippen LogP) is 5.68. The number of rotatable bonds is 9. The molecule has 7 nitrogen and oxygen atoms in total. The Balaban J connectivity index is 1.47. The van der Waals surface area contributed by atoms with Crippen molar-refractivity contribution in [1.29, 1.82) is 0 Å². The first kappa shape index (κ1) is 27.6. The van der Waals surface area contributed by atoms with Crippen LogP contribution in [0.5, 0.6) is 17.2 Å². The number of hydrogen-bond donors (Lipinski definition) is 1. The van der Waals surface area contributed by atoms with E-state index < -0.39 is 12.0 Å². The van der Waals surface area contributed by atoms with E-state index in [0.717, 1.165) is 48.1 Å². The van der Waals surface area contributed by atoms with Crippen molar-refractivity contribution in [3.8, 4) is 17.2 Å². The number of ether oxygens (including phenoxy) is 3. The van der Waals surface area contributed by atoms with Gasteiger partial charge in [-0.15, -0.1) is 0 Å². The van der Waals surface area contributed by atoms with E-state index >= 15 is 0 Å². The molecule has 2 amide bonds. The molecule has 40 heavy (non-hydrogen) atoms. The highest BCUT2D eigenvalue weighted by Crippen LogP contribution is 2.46. The zero-order valence-corrected chi connectivity index (χ0v) is 23.5. The maximum Gasteiger partial charge on any atom is 0.254 e. The third-order valence-corrected chi connectivity index (χ3v) is 8.24. The second-order valence-electron chi connectivity index (χ2n) is 10.5. The zero-order valence-electron chi connectivity index (χ0n) is 23.5. The monoisotopic (exact) mass is 542 g/mol. The Morgan fingerprint density at radius 1 is 0.875 bits per heavy atom. The molecule has 0 spiro atoms. The molecule has 2 atom stereocenters. The van der Waals surface area contributed by atoms with E-state index in [0.29, 0.717) is 30.0 Å². The molecule has 210 valence electrons. The van der Waals surface area contributed by atoms with Crippen LogP contribution < -0.4 is 19.5 Å². The van der Waals surface area contributed by atoms with Gasteiger partial charge in [0, 0.05) is 18.2 Å². The van der Waals surface area contributed by atoms with Crippen LogP contribution in [0.3, 0.4) is 0 Å². The predicted molar refractivity (Wildman–Crippen MR) is 154 cm³/mol. The van der Waals surface area contributed by atoms with Crippen molar-refractivity contribution in [2.24, 2.45) is 0 Å². The lowest BCUT2D eigenvalue weighted by Crippen LogP contribution is -2.52. The lowest BCUT2D eigenvalue weighted by molar-refractivity contribution is -0.124. The van der Waals surface area contributed by atoms with Gasteiger partial charge in [0.15, 0.2) is 11.5 Å². The van der Waals surface area contributed by atoms with Crippen molar-refractivity contribution in [1.82, 2.24) is 10.2 Å². The van der Waals surface area contributed by atoms with Gasteiger partial charge in [-0.1, -0.05) is 55.7 Å². The van der Waals surface area contributed by atoms with Gasteiger partial charge in [-0.2, -0.15) is 0 Å². The van der Waals surface area contributed by atoms with E-state index in [1.807, 2.05) is 71.6 Å². The third kappa shape index (κ3) is 5.51. The van der Waals surface area contributed by atoms with E-state index in [1.165, 1.54) is 6.42 Å². The van der Waals surface area contributed by atoms with Gasteiger partial charge in [0.05, 0.1) is 33.3 Å². The molecule has 1 heterocycles. The molecule has 3 aromatic carbocycles. The van der Waals surface area contributed by atoms with E-state index in [-0.39, 0.29) is 17.9 Å². The summed E-state index contributed by atoms with van der Waals surface area (Å²) in [7, 11) is 4.86. The van der Waals surface area contributed by atoms with Crippen molar-refractivity contribution in [2.75, 3.05) is 27.9 Å². The van der Waals surface area contributed by atoms with Crippen molar-refractivity contribution in [2.45, 2.75) is 56.5 Å². The number of nitrogens with one attached hydrogen (secondary N) is 1. The van der Waals surface area contributed by atoms with Gasteiger partial charge in [-0.05, 0) is 66.3 Å². The van der Waals surface area contributed by atoms with Crippen LogP contribution in [0.2, 0.25) is 0 Å². The third-order valence-electron chi connectivity index (χ3n) is 8.24. The molecule has 1 N–H and O–H groups in total. The largest absolute Gasteiger partial charge is 0.497 e. The molecule has 0 aromatic heterocycles. The molecule has 0 saturated heterocycles. The molecule has 0 radical (unpaired) electrons. The molecular weight excluding hydrogens is 504 g/mol. The second-order valence-corrected chi connectivity index (χ2v) is 10.5. The summed E-state index contributed by atoms with van der Waals surface area (Å²) in [6, 6.07) is 20.9. The molecular formula is C33H38N2O5. The Morgan fingerprint density at radius 3 is 2.30 bits per heavy atom. The first-order chi connectivity index (χ1) is 19.5. The molecule has 3 aromatic rings. The van der Waals surface area contributed by atoms with E-state index in [1.54, 1.807) is 21.3 Å². The maximum atomic E-state index is 14.1. The topological polar surface area (TPSA) is 77.1 Å². The fourth-order valence-corrected chi connectivity index (χ4v) is 6.23. The summed E-state index contributed by atoms with van der Waals surface area (Å²) >= 11 is 0. The summed E-state index contributed by atoms with van der Waals surface area (Å²) in [5.41, 5.74) is 3.38. The van der Waals surface area contributed by atoms with Crippen molar-refractivity contribution < 1.29 is 23.8 Å². The highest BCUT2D eigenvalue weighted by atomic mass is 16.5. The Bertz CT molecular complexity index is 1330. The average Bonchev–Trinajstić information content (AvgIpc) is 3.01. The quantitative estimate of drug-likeness (QED) is 0.376. The molecule has 1 fully saturated rings. The number of nitrogens with zero attached hydrogens (tertiary/aromatic N) is 1. The van der Waals surface area contributed by atoms with E-state index in [2.05, 4.69) is 5.32 Å².